The van der Waals surface area contributed by atoms with Gasteiger partial charge in [-0.1, -0.05) is 0 Å². The first-order valence-corrected chi connectivity index (χ1v) is 11.7. The molecule has 7 heteroatoms. The van der Waals surface area contributed by atoms with Gasteiger partial charge in [0.1, 0.15) is 0 Å². The highest BCUT2D eigenvalue weighted by Crippen LogP contribution is 2.30. The molecule has 4 heterocycles. The van der Waals surface area contributed by atoms with Crippen LogP contribution >= 0.6 is 22.7 Å². The first-order chi connectivity index (χ1) is 13.2. The Morgan fingerprint density at radius 1 is 1.11 bits per heavy atom. The molecule has 5 nitrogen and oxygen atoms in total. The van der Waals surface area contributed by atoms with Crippen molar-refractivity contribution in [2.45, 2.75) is 32.2 Å². The molecule has 0 bridgehead atoms. The molecule has 1 amide bonds. The van der Waals surface area contributed by atoms with Crippen LogP contribution in [0, 0.1) is 6.92 Å². The predicted octanol–water partition coefficient (Wildman–Crippen LogP) is 3.04. The summed E-state index contributed by atoms with van der Waals surface area (Å²) in [5, 5.41) is 7.77. The van der Waals surface area contributed by atoms with Gasteiger partial charge in [-0.25, -0.2) is 4.98 Å². The number of carbonyl (C=O) groups excluding carboxylic acids is 1. The van der Waals surface area contributed by atoms with E-state index in [-0.39, 0.29) is 0 Å². The number of aromatic nitrogens is 1. The summed E-state index contributed by atoms with van der Waals surface area (Å²) in [4.78, 5) is 24.2. The maximum atomic E-state index is 12.7. The number of nitrogens with zero attached hydrogens (tertiary/aromatic N) is 4. The molecule has 0 aliphatic carbocycles. The van der Waals surface area contributed by atoms with Gasteiger partial charge < -0.3 is 4.90 Å². The van der Waals surface area contributed by atoms with Gasteiger partial charge in [0.2, 0.25) is 5.91 Å². The Morgan fingerprint density at radius 3 is 2.52 bits per heavy atom. The number of piperazine rings is 1. The highest BCUT2D eigenvalue weighted by Gasteiger charge is 2.27. The molecule has 0 unspecified atom stereocenters. The molecule has 2 aromatic heterocycles. The third-order valence-electron chi connectivity index (χ3n) is 5.64. The van der Waals surface area contributed by atoms with Crippen LogP contribution in [0.1, 0.15) is 35.0 Å². The van der Waals surface area contributed by atoms with Crippen molar-refractivity contribution in [1.29, 1.82) is 0 Å². The number of amides is 1. The second kappa shape index (κ2) is 8.82. The fourth-order valence-corrected chi connectivity index (χ4v) is 5.61. The van der Waals surface area contributed by atoms with E-state index in [1.807, 2.05) is 0 Å². The largest absolute Gasteiger partial charge is 0.339 e. The van der Waals surface area contributed by atoms with Crippen LogP contribution < -0.4 is 0 Å². The Balaban J connectivity index is 1.19. The lowest BCUT2D eigenvalue weighted by molar-refractivity contribution is -0.134. The van der Waals surface area contributed by atoms with Crippen LogP contribution in [-0.4, -0.2) is 71.4 Å². The first kappa shape index (κ1) is 19.1. The number of carbonyl (C=O) groups is 1. The van der Waals surface area contributed by atoms with Gasteiger partial charge in [0.15, 0.2) is 0 Å². The zero-order valence-electron chi connectivity index (χ0n) is 16.0. The fraction of sp³-hybridized carbons (Fsp3) is 0.600. The van der Waals surface area contributed by atoms with Crippen LogP contribution in [0.2, 0.25) is 0 Å². The van der Waals surface area contributed by atoms with Crippen molar-refractivity contribution >= 4 is 28.6 Å². The molecule has 0 saturated carbocycles. The molecule has 0 atom stereocenters. The van der Waals surface area contributed by atoms with Crippen molar-refractivity contribution in [3.05, 3.63) is 38.5 Å². The quantitative estimate of drug-likeness (QED) is 0.768. The van der Waals surface area contributed by atoms with Crippen molar-refractivity contribution in [1.82, 2.24) is 19.7 Å². The molecule has 2 fully saturated rings. The molecule has 2 aliphatic rings. The normalized spacial score (nSPS) is 20.3. The SMILES string of the molecule is Cc1csc(C2CCN(CC(=O)N3CCN(Cc4ccsc4)CC3)CC2)n1. The Hall–Kier alpha value is -1.28. The summed E-state index contributed by atoms with van der Waals surface area (Å²) in [5.74, 6) is 0.879. The topological polar surface area (TPSA) is 39.7 Å². The van der Waals surface area contributed by atoms with Crippen LogP contribution in [0.5, 0.6) is 0 Å². The van der Waals surface area contributed by atoms with Gasteiger partial charge in [-0.05, 0) is 55.2 Å². The molecule has 2 saturated heterocycles. The van der Waals surface area contributed by atoms with E-state index >= 15 is 0 Å². The van der Waals surface area contributed by atoms with E-state index < -0.39 is 0 Å². The summed E-state index contributed by atoms with van der Waals surface area (Å²) in [6, 6.07) is 2.19. The number of thiophene rings is 1. The predicted molar refractivity (Wildman–Crippen MR) is 111 cm³/mol. The van der Waals surface area contributed by atoms with Gasteiger partial charge in [-0.2, -0.15) is 11.3 Å². The second-order valence-corrected chi connectivity index (χ2v) is 9.34. The average molecular weight is 405 g/mol. The number of rotatable bonds is 5. The van der Waals surface area contributed by atoms with Crippen molar-refractivity contribution in [3.63, 3.8) is 0 Å². The standard InChI is InChI=1S/C20H28N4OS2/c1-16-14-27-20(21-16)18-2-5-22(6-3-18)13-19(25)24-9-7-23(8-10-24)12-17-4-11-26-15-17/h4,11,14-15,18H,2-3,5-10,12-13H2,1H3. The molecule has 4 rings (SSSR count). The number of thiazole rings is 1. The Labute approximate surface area is 169 Å². The van der Waals surface area contributed by atoms with Gasteiger partial charge in [0.25, 0.3) is 0 Å². The lowest BCUT2D eigenvalue weighted by atomic mass is 9.97. The number of hydrogen-bond acceptors (Lipinski definition) is 6. The Kier molecular flexibility index (Phi) is 6.22. The number of likely N-dealkylation sites (tertiary alicyclic amines) is 1. The highest BCUT2D eigenvalue weighted by molar-refractivity contribution is 7.09. The lowest BCUT2D eigenvalue weighted by Gasteiger charge is -2.37. The zero-order chi connectivity index (χ0) is 18.6. The smallest absolute Gasteiger partial charge is 0.236 e. The van der Waals surface area contributed by atoms with E-state index in [2.05, 4.69) is 48.8 Å². The van der Waals surface area contributed by atoms with Crippen LogP contribution in [0.25, 0.3) is 0 Å². The summed E-state index contributed by atoms with van der Waals surface area (Å²) < 4.78 is 0. The van der Waals surface area contributed by atoms with Gasteiger partial charge >= 0.3 is 0 Å². The molecule has 2 aliphatic heterocycles. The summed E-state index contributed by atoms with van der Waals surface area (Å²) in [7, 11) is 0. The molecule has 2 aromatic rings. The number of hydrogen-bond donors (Lipinski definition) is 0. The number of aryl methyl sites for hydroxylation is 1. The van der Waals surface area contributed by atoms with E-state index in [0.717, 1.165) is 64.3 Å². The maximum absolute atomic E-state index is 12.7. The molecule has 0 spiro atoms. The molecule has 146 valence electrons. The number of piperidine rings is 1. The molecule has 0 N–H and O–H groups in total. The minimum atomic E-state index is 0.300. The van der Waals surface area contributed by atoms with Crippen molar-refractivity contribution in [3.8, 4) is 0 Å². The summed E-state index contributed by atoms with van der Waals surface area (Å²) in [6.07, 6.45) is 2.24. The lowest BCUT2D eigenvalue weighted by Crippen LogP contribution is -2.51. The van der Waals surface area contributed by atoms with Crippen molar-refractivity contribution in [2.24, 2.45) is 0 Å². The highest BCUT2D eigenvalue weighted by atomic mass is 32.1. The fourth-order valence-electron chi connectivity index (χ4n) is 3.99. The van der Waals surface area contributed by atoms with E-state index in [4.69, 9.17) is 0 Å². The van der Waals surface area contributed by atoms with Crippen LogP contribution in [-0.2, 0) is 11.3 Å². The van der Waals surface area contributed by atoms with Gasteiger partial charge in [0, 0.05) is 49.7 Å². The van der Waals surface area contributed by atoms with Crippen molar-refractivity contribution < 1.29 is 4.79 Å². The molecule has 27 heavy (non-hydrogen) atoms. The molecule has 0 radical (unpaired) electrons. The van der Waals surface area contributed by atoms with Gasteiger partial charge in [-0.3, -0.25) is 14.6 Å². The third-order valence-corrected chi connectivity index (χ3v) is 7.50. The minimum Gasteiger partial charge on any atom is -0.339 e. The van der Waals surface area contributed by atoms with Crippen LogP contribution in [0.3, 0.4) is 0 Å². The Morgan fingerprint density at radius 2 is 1.89 bits per heavy atom. The maximum Gasteiger partial charge on any atom is 0.236 e. The van der Waals surface area contributed by atoms with Crippen LogP contribution in [0.4, 0.5) is 0 Å². The van der Waals surface area contributed by atoms with E-state index in [1.165, 1.54) is 10.6 Å². The van der Waals surface area contributed by atoms with Crippen LogP contribution in [0.15, 0.2) is 22.2 Å². The first-order valence-electron chi connectivity index (χ1n) is 9.83. The van der Waals surface area contributed by atoms with Gasteiger partial charge in [0.05, 0.1) is 11.6 Å². The summed E-state index contributed by atoms with van der Waals surface area (Å²) >= 11 is 3.54. The minimum absolute atomic E-state index is 0.300. The molecular formula is C20H28N4OS2. The van der Waals surface area contributed by atoms with E-state index in [0.29, 0.717) is 18.4 Å². The summed E-state index contributed by atoms with van der Waals surface area (Å²) in [5.41, 5.74) is 2.52. The molecular weight excluding hydrogens is 376 g/mol. The average Bonchev–Trinajstić information content (AvgIpc) is 3.35. The van der Waals surface area contributed by atoms with Crippen molar-refractivity contribution in [2.75, 3.05) is 45.8 Å². The van der Waals surface area contributed by atoms with E-state index in [1.54, 1.807) is 22.7 Å². The second-order valence-electron chi connectivity index (χ2n) is 7.67. The van der Waals surface area contributed by atoms with Gasteiger partial charge in [-0.15, -0.1) is 11.3 Å². The zero-order valence-corrected chi connectivity index (χ0v) is 17.6. The summed E-state index contributed by atoms with van der Waals surface area (Å²) in [6.45, 7) is 9.34. The Bertz CT molecular complexity index is 729. The van der Waals surface area contributed by atoms with E-state index in [9.17, 15) is 4.79 Å². The third kappa shape index (κ3) is 4.96. The molecule has 0 aromatic carbocycles. The monoisotopic (exact) mass is 404 g/mol.